The zero-order chi connectivity index (χ0) is 14.5. The van der Waals surface area contributed by atoms with Crippen molar-refractivity contribution in [2.75, 3.05) is 26.2 Å². The fourth-order valence-corrected chi connectivity index (χ4v) is 2.85. The lowest BCUT2D eigenvalue weighted by Crippen LogP contribution is -3.16. The second kappa shape index (κ2) is 7.07. The Morgan fingerprint density at radius 2 is 2.05 bits per heavy atom. The Hall–Kier alpha value is -1.10. The van der Waals surface area contributed by atoms with Gasteiger partial charge in [0.2, 0.25) is 0 Å². The molecule has 0 radical (unpaired) electrons. The number of aliphatic hydroxyl groups is 1. The number of aryl methyl sites for hydroxylation is 1. The van der Waals surface area contributed by atoms with Gasteiger partial charge in [0.1, 0.15) is 50.3 Å². The van der Waals surface area contributed by atoms with Gasteiger partial charge in [-0.1, -0.05) is 12.1 Å². The molecule has 1 aromatic carbocycles. The van der Waals surface area contributed by atoms with Crippen LogP contribution in [0.25, 0.3) is 0 Å². The molecule has 0 aliphatic carbocycles. The van der Waals surface area contributed by atoms with Crippen LogP contribution in [0.5, 0.6) is 5.75 Å². The molecule has 1 aromatic rings. The predicted octanol–water partition coefficient (Wildman–Crippen LogP) is 0.427. The second-order valence-corrected chi connectivity index (χ2v) is 5.90. The zero-order valence-electron chi connectivity index (χ0n) is 12.6. The largest absolute Gasteiger partial charge is 0.491 e. The van der Waals surface area contributed by atoms with Gasteiger partial charge in [-0.05, 0) is 38.5 Å². The summed E-state index contributed by atoms with van der Waals surface area (Å²) in [6, 6.07) is 7.90. The highest BCUT2D eigenvalue weighted by Crippen LogP contribution is 2.12. The minimum Gasteiger partial charge on any atom is -0.491 e. The average molecular weight is 280 g/mol. The van der Waals surface area contributed by atoms with Crippen molar-refractivity contribution in [2.24, 2.45) is 0 Å². The van der Waals surface area contributed by atoms with Gasteiger partial charge in [-0.2, -0.15) is 0 Å². The van der Waals surface area contributed by atoms with Gasteiger partial charge < -0.3 is 19.5 Å². The molecule has 1 saturated heterocycles. The van der Waals surface area contributed by atoms with Crippen molar-refractivity contribution < 1.29 is 19.5 Å². The van der Waals surface area contributed by atoms with Crippen LogP contribution in [0.3, 0.4) is 0 Å². The first-order valence-corrected chi connectivity index (χ1v) is 7.39. The molecule has 20 heavy (non-hydrogen) atoms. The van der Waals surface area contributed by atoms with Crippen LogP contribution in [-0.4, -0.2) is 49.7 Å². The Morgan fingerprint density at radius 1 is 1.35 bits per heavy atom. The summed E-state index contributed by atoms with van der Waals surface area (Å²) in [7, 11) is 0. The molecule has 1 unspecified atom stereocenters. The monoisotopic (exact) mass is 280 g/mol. The first-order chi connectivity index (χ1) is 9.52. The molecule has 0 aromatic heterocycles. The van der Waals surface area contributed by atoms with Crippen molar-refractivity contribution in [3.8, 4) is 5.75 Å². The maximum atomic E-state index is 10.1. The Bertz CT molecular complexity index is 414. The Labute approximate surface area is 121 Å². The van der Waals surface area contributed by atoms with Crippen molar-refractivity contribution in [2.45, 2.75) is 39.1 Å². The summed E-state index contributed by atoms with van der Waals surface area (Å²) in [6.45, 7) is 9.17. The molecule has 1 aliphatic heterocycles. The number of benzene rings is 1. The topological polar surface area (TPSA) is 43.1 Å². The van der Waals surface area contributed by atoms with Crippen LogP contribution in [0, 0.1) is 6.92 Å². The molecule has 0 spiro atoms. The second-order valence-electron chi connectivity index (χ2n) is 5.90. The Kier molecular flexibility index (Phi) is 5.40. The lowest BCUT2D eigenvalue weighted by Gasteiger charge is -2.33. The number of ether oxygens (including phenoxy) is 2. The number of nitrogens with one attached hydrogen (secondary N) is 1. The standard InChI is InChI=1S/C16H25NO3/c1-12-5-4-6-16(7-12)19-11-15(18)10-17-8-13(2)20-14(3)9-17/h4-7,13-15,18H,8-11H2,1-3H3/p+1/t13-,14+,15-/m0/s1. The van der Waals surface area contributed by atoms with Gasteiger partial charge in [0, 0.05) is 0 Å². The first-order valence-electron chi connectivity index (χ1n) is 7.39. The highest BCUT2D eigenvalue weighted by molar-refractivity contribution is 5.27. The summed E-state index contributed by atoms with van der Waals surface area (Å²) in [6.07, 6.45) is 0.0836. The van der Waals surface area contributed by atoms with Crippen LogP contribution >= 0.6 is 0 Å². The van der Waals surface area contributed by atoms with E-state index in [9.17, 15) is 5.11 Å². The molecule has 1 fully saturated rings. The summed E-state index contributed by atoms with van der Waals surface area (Å²) in [5.74, 6) is 0.822. The van der Waals surface area contributed by atoms with Gasteiger partial charge >= 0.3 is 0 Å². The number of morpholine rings is 1. The molecule has 1 aliphatic rings. The summed E-state index contributed by atoms with van der Waals surface area (Å²) in [5, 5.41) is 10.1. The van der Waals surface area contributed by atoms with E-state index in [0.717, 1.165) is 18.8 Å². The number of quaternary nitrogens is 1. The van der Waals surface area contributed by atoms with E-state index in [-0.39, 0.29) is 12.2 Å². The molecule has 4 atom stereocenters. The number of rotatable bonds is 5. The van der Waals surface area contributed by atoms with Gasteiger partial charge in [-0.3, -0.25) is 0 Å². The fourth-order valence-electron chi connectivity index (χ4n) is 2.85. The predicted molar refractivity (Wildman–Crippen MR) is 78.3 cm³/mol. The van der Waals surface area contributed by atoms with Crippen molar-refractivity contribution in [3.05, 3.63) is 29.8 Å². The maximum Gasteiger partial charge on any atom is 0.137 e. The van der Waals surface area contributed by atoms with E-state index in [1.54, 1.807) is 0 Å². The Balaban J connectivity index is 1.76. The zero-order valence-corrected chi connectivity index (χ0v) is 12.6. The van der Waals surface area contributed by atoms with Crippen LogP contribution in [0.4, 0.5) is 0 Å². The van der Waals surface area contributed by atoms with Crippen molar-refractivity contribution in [1.29, 1.82) is 0 Å². The molecule has 2 rings (SSSR count). The SMILES string of the molecule is Cc1cccc(OC[C@@H](O)C[NH+]2C[C@@H](C)O[C@@H](C)C2)c1. The van der Waals surface area contributed by atoms with Crippen LogP contribution < -0.4 is 9.64 Å². The van der Waals surface area contributed by atoms with E-state index < -0.39 is 6.10 Å². The third-order valence-electron chi connectivity index (χ3n) is 3.57. The molecule has 0 saturated carbocycles. The molecular weight excluding hydrogens is 254 g/mol. The third kappa shape index (κ3) is 4.78. The molecule has 1 heterocycles. The first kappa shape index (κ1) is 15.3. The van der Waals surface area contributed by atoms with Gasteiger partial charge in [-0.15, -0.1) is 0 Å². The van der Waals surface area contributed by atoms with Crippen molar-refractivity contribution >= 4 is 0 Å². The molecule has 0 amide bonds. The molecule has 0 bridgehead atoms. The summed E-state index contributed by atoms with van der Waals surface area (Å²) < 4.78 is 11.4. The summed E-state index contributed by atoms with van der Waals surface area (Å²) in [4.78, 5) is 1.39. The normalized spacial score (nSPS) is 28.1. The average Bonchev–Trinajstić information content (AvgIpc) is 2.35. The van der Waals surface area contributed by atoms with Crippen LogP contribution in [0.1, 0.15) is 19.4 Å². The third-order valence-corrected chi connectivity index (χ3v) is 3.57. The summed E-state index contributed by atoms with van der Waals surface area (Å²) >= 11 is 0. The molecule has 2 N–H and O–H groups in total. The highest BCUT2D eigenvalue weighted by Gasteiger charge is 2.27. The molecule has 112 valence electrons. The lowest BCUT2D eigenvalue weighted by molar-refractivity contribution is -0.918. The minimum absolute atomic E-state index is 0.263. The van der Waals surface area contributed by atoms with Crippen LogP contribution in [0.15, 0.2) is 24.3 Å². The summed E-state index contributed by atoms with van der Waals surface area (Å²) in [5.41, 5.74) is 1.17. The molecular formula is C16H26NO3+. The fraction of sp³-hybridized carbons (Fsp3) is 0.625. The maximum absolute atomic E-state index is 10.1. The van der Waals surface area contributed by atoms with Gasteiger partial charge in [-0.25, -0.2) is 0 Å². The smallest absolute Gasteiger partial charge is 0.137 e. The van der Waals surface area contributed by atoms with Gasteiger partial charge in [0.15, 0.2) is 0 Å². The van der Waals surface area contributed by atoms with Crippen molar-refractivity contribution in [3.63, 3.8) is 0 Å². The quantitative estimate of drug-likeness (QED) is 0.822. The Morgan fingerprint density at radius 3 is 2.70 bits per heavy atom. The van der Waals surface area contributed by atoms with Gasteiger partial charge in [0.05, 0.1) is 0 Å². The number of hydrogen-bond donors (Lipinski definition) is 2. The highest BCUT2D eigenvalue weighted by atomic mass is 16.5. The van der Waals surface area contributed by atoms with Crippen molar-refractivity contribution in [1.82, 2.24) is 0 Å². The van der Waals surface area contributed by atoms with E-state index in [4.69, 9.17) is 9.47 Å². The lowest BCUT2D eigenvalue weighted by atomic mass is 10.2. The van der Waals surface area contributed by atoms with Gasteiger partial charge in [0.25, 0.3) is 0 Å². The van der Waals surface area contributed by atoms with E-state index >= 15 is 0 Å². The minimum atomic E-state index is -0.442. The molecule has 4 nitrogen and oxygen atoms in total. The van der Waals surface area contributed by atoms with E-state index in [1.807, 2.05) is 31.2 Å². The number of aliphatic hydroxyl groups excluding tert-OH is 1. The molecule has 4 heteroatoms. The number of hydrogen-bond acceptors (Lipinski definition) is 3. The van der Waals surface area contributed by atoms with Crippen LogP contribution in [0.2, 0.25) is 0 Å². The van der Waals surface area contributed by atoms with E-state index in [2.05, 4.69) is 13.8 Å². The van der Waals surface area contributed by atoms with E-state index in [1.165, 1.54) is 10.5 Å². The van der Waals surface area contributed by atoms with E-state index in [0.29, 0.717) is 13.2 Å². The van der Waals surface area contributed by atoms with Crippen LogP contribution in [-0.2, 0) is 4.74 Å².